The fourth-order valence-corrected chi connectivity index (χ4v) is 4.55. The molecule has 2 saturated carbocycles. The molecular weight excluding hydrogens is 362 g/mol. The second kappa shape index (κ2) is 7.42. The molecule has 1 aromatic carbocycles. The zero-order valence-electron chi connectivity index (χ0n) is 18.3. The number of carbonyl (C=O) groups excluding carboxylic acids is 2. The van der Waals surface area contributed by atoms with E-state index in [-0.39, 0.29) is 34.5 Å². The molecule has 1 aromatic rings. The van der Waals surface area contributed by atoms with Crippen LogP contribution in [0.1, 0.15) is 58.9 Å². The molecule has 2 atom stereocenters. The van der Waals surface area contributed by atoms with Gasteiger partial charge in [-0.3, -0.25) is 14.5 Å². The van der Waals surface area contributed by atoms with Crippen LogP contribution in [0.25, 0.3) is 0 Å². The molecule has 0 bridgehead atoms. The number of rotatable bonds is 6. The summed E-state index contributed by atoms with van der Waals surface area (Å²) in [6.07, 6.45) is 4.03. The van der Waals surface area contributed by atoms with Crippen LogP contribution >= 0.6 is 0 Å². The number of nitrogens with zero attached hydrogens (tertiary/aromatic N) is 1. The van der Waals surface area contributed by atoms with Crippen molar-refractivity contribution in [3.8, 4) is 0 Å². The number of likely N-dealkylation sites (tertiary alicyclic amines) is 1. The SMILES string of the molecule is CC1(C)CC1C(=O)Nc1ccc(CN2CCC(NC(=O)C3CC3(C)C)CC2)cc1. The first-order chi connectivity index (χ1) is 13.6. The summed E-state index contributed by atoms with van der Waals surface area (Å²) < 4.78 is 0. The second-order valence-electron chi connectivity index (χ2n) is 10.7. The summed E-state index contributed by atoms with van der Waals surface area (Å²) in [5.41, 5.74) is 2.50. The van der Waals surface area contributed by atoms with E-state index in [1.54, 1.807) is 0 Å². The largest absolute Gasteiger partial charge is 0.353 e. The Morgan fingerprint density at radius 2 is 1.45 bits per heavy atom. The highest BCUT2D eigenvalue weighted by Crippen LogP contribution is 2.52. The lowest BCUT2D eigenvalue weighted by Crippen LogP contribution is -2.45. The molecule has 3 fully saturated rings. The van der Waals surface area contributed by atoms with Gasteiger partial charge in [0.05, 0.1) is 0 Å². The molecule has 0 radical (unpaired) electrons. The van der Waals surface area contributed by atoms with Crippen molar-refractivity contribution in [1.82, 2.24) is 10.2 Å². The molecule has 158 valence electrons. The van der Waals surface area contributed by atoms with Crippen LogP contribution < -0.4 is 10.6 Å². The third-order valence-corrected chi connectivity index (χ3v) is 7.22. The maximum atomic E-state index is 12.3. The quantitative estimate of drug-likeness (QED) is 0.768. The average Bonchev–Trinajstić information content (AvgIpc) is 3.52. The number of amides is 2. The third kappa shape index (κ3) is 4.82. The molecule has 2 unspecified atom stereocenters. The monoisotopic (exact) mass is 397 g/mol. The van der Waals surface area contributed by atoms with Crippen LogP contribution in [0.15, 0.2) is 24.3 Å². The van der Waals surface area contributed by atoms with Crippen LogP contribution in [0.2, 0.25) is 0 Å². The van der Waals surface area contributed by atoms with E-state index in [0.29, 0.717) is 6.04 Å². The Kier molecular flexibility index (Phi) is 5.22. The minimum atomic E-state index is 0.140. The van der Waals surface area contributed by atoms with Gasteiger partial charge in [0.1, 0.15) is 0 Å². The van der Waals surface area contributed by atoms with Gasteiger partial charge >= 0.3 is 0 Å². The Bertz CT molecular complexity index is 776. The van der Waals surface area contributed by atoms with Gasteiger partial charge in [0, 0.05) is 43.2 Å². The van der Waals surface area contributed by atoms with Gasteiger partial charge in [0.2, 0.25) is 11.8 Å². The second-order valence-corrected chi connectivity index (χ2v) is 10.7. The first kappa shape index (κ1) is 20.4. The summed E-state index contributed by atoms with van der Waals surface area (Å²) in [6.45, 7) is 11.6. The Hall–Kier alpha value is -1.88. The number of piperidine rings is 1. The lowest BCUT2D eigenvalue weighted by atomic mass is 10.0. The van der Waals surface area contributed by atoms with Gasteiger partial charge in [-0.05, 0) is 54.2 Å². The van der Waals surface area contributed by atoms with Gasteiger partial charge in [-0.15, -0.1) is 0 Å². The normalized spacial score (nSPS) is 27.9. The van der Waals surface area contributed by atoms with Gasteiger partial charge in [-0.2, -0.15) is 0 Å². The van der Waals surface area contributed by atoms with Gasteiger partial charge in [-0.25, -0.2) is 0 Å². The minimum Gasteiger partial charge on any atom is -0.353 e. The number of nitrogens with one attached hydrogen (secondary N) is 2. The molecule has 4 rings (SSSR count). The van der Waals surface area contributed by atoms with Crippen LogP contribution in [-0.2, 0) is 16.1 Å². The van der Waals surface area contributed by atoms with E-state index in [2.05, 4.69) is 55.4 Å². The molecule has 5 nitrogen and oxygen atoms in total. The standard InChI is InChI=1S/C24H35N3O2/c1-23(2)13-19(23)21(28)25-17-7-5-16(6-8-17)15-27-11-9-18(10-12-27)26-22(29)20-14-24(20,3)4/h5-8,18-20H,9-15H2,1-4H3,(H,25,28)(H,26,29). The lowest BCUT2D eigenvalue weighted by Gasteiger charge is -2.32. The van der Waals surface area contributed by atoms with E-state index in [1.807, 2.05) is 12.1 Å². The number of anilines is 1. The molecule has 1 heterocycles. The van der Waals surface area contributed by atoms with Crippen molar-refractivity contribution < 1.29 is 9.59 Å². The molecule has 2 N–H and O–H groups in total. The molecule has 29 heavy (non-hydrogen) atoms. The Labute approximate surface area is 174 Å². The van der Waals surface area contributed by atoms with Crippen LogP contribution in [0.5, 0.6) is 0 Å². The highest BCUT2D eigenvalue weighted by atomic mass is 16.2. The highest BCUT2D eigenvalue weighted by molar-refractivity contribution is 5.94. The molecule has 1 aliphatic heterocycles. The number of carbonyl (C=O) groups is 2. The van der Waals surface area contributed by atoms with Crippen LogP contribution in [0.4, 0.5) is 5.69 Å². The predicted molar refractivity (Wildman–Crippen MR) is 115 cm³/mol. The first-order valence-corrected chi connectivity index (χ1v) is 11.1. The maximum absolute atomic E-state index is 12.3. The predicted octanol–water partition coefficient (Wildman–Crippen LogP) is 3.80. The third-order valence-electron chi connectivity index (χ3n) is 7.22. The minimum absolute atomic E-state index is 0.140. The fraction of sp³-hybridized carbons (Fsp3) is 0.667. The van der Waals surface area contributed by atoms with Crippen LogP contribution in [0.3, 0.4) is 0 Å². The summed E-state index contributed by atoms with van der Waals surface area (Å²) in [4.78, 5) is 27.0. The Morgan fingerprint density at radius 1 is 0.931 bits per heavy atom. The van der Waals surface area contributed by atoms with E-state index in [4.69, 9.17) is 0 Å². The van der Waals surface area contributed by atoms with Crippen molar-refractivity contribution in [2.24, 2.45) is 22.7 Å². The number of hydrogen-bond donors (Lipinski definition) is 2. The molecule has 0 aromatic heterocycles. The topological polar surface area (TPSA) is 61.4 Å². The zero-order valence-corrected chi connectivity index (χ0v) is 18.3. The Morgan fingerprint density at radius 3 is 1.97 bits per heavy atom. The van der Waals surface area contributed by atoms with Crippen molar-refractivity contribution in [2.45, 2.75) is 66.0 Å². The summed E-state index contributed by atoms with van der Waals surface area (Å²) in [7, 11) is 0. The maximum Gasteiger partial charge on any atom is 0.228 e. The smallest absolute Gasteiger partial charge is 0.228 e. The molecule has 2 amide bonds. The fourth-order valence-electron chi connectivity index (χ4n) is 4.55. The molecular formula is C24H35N3O2. The summed E-state index contributed by atoms with van der Waals surface area (Å²) >= 11 is 0. The zero-order chi connectivity index (χ0) is 20.8. The van der Waals surface area contributed by atoms with Gasteiger partial charge < -0.3 is 10.6 Å². The lowest BCUT2D eigenvalue weighted by molar-refractivity contribution is -0.124. The molecule has 3 aliphatic rings. The van der Waals surface area contributed by atoms with Crippen molar-refractivity contribution in [3.05, 3.63) is 29.8 Å². The first-order valence-electron chi connectivity index (χ1n) is 11.1. The Balaban J connectivity index is 1.19. The van der Waals surface area contributed by atoms with Crippen molar-refractivity contribution in [2.75, 3.05) is 18.4 Å². The summed E-state index contributed by atoms with van der Waals surface area (Å²) in [5.74, 6) is 0.752. The van der Waals surface area contributed by atoms with Crippen molar-refractivity contribution in [3.63, 3.8) is 0 Å². The molecule has 1 saturated heterocycles. The van der Waals surface area contributed by atoms with E-state index >= 15 is 0 Å². The molecule has 0 spiro atoms. The molecule has 5 heteroatoms. The number of hydrogen-bond acceptors (Lipinski definition) is 3. The van der Waals surface area contributed by atoms with E-state index in [1.165, 1.54) is 5.56 Å². The van der Waals surface area contributed by atoms with E-state index in [0.717, 1.165) is 51.0 Å². The van der Waals surface area contributed by atoms with Crippen LogP contribution in [0, 0.1) is 22.7 Å². The van der Waals surface area contributed by atoms with Gasteiger partial charge in [-0.1, -0.05) is 39.8 Å². The molecule has 2 aliphatic carbocycles. The van der Waals surface area contributed by atoms with Crippen molar-refractivity contribution in [1.29, 1.82) is 0 Å². The average molecular weight is 398 g/mol. The van der Waals surface area contributed by atoms with E-state index < -0.39 is 0 Å². The van der Waals surface area contributed by atoms with E-state index in [9.17, 15) is 9.59 Å². The van der Waals surface area contributed by atoms with Crippen LogP contribution in [-0.4, -0.2) is 35.8 Å². The van der Waals surface area contributed by atoms with Gasteiger partial charge in [0.15, 0.2) is 0 Å². The summed E-state index contributed by atoms with van der Waals surface area (Å²) in [6, 6.07) is 8.55. The highest BCUT2D eigenvalue weighted by Gasteiger charge is 2.51. The van der Waals surface area contributed by atoms with Crippen molar-refractivity contribution >= 4 is 17.5 Å². The number of benzene rings is 1. The summed E-state index contributed by atoms with van der Waals surface area (Å²) in [5, 5.41) is 6.30. The van der Waals surface area contributed by atoms with Gasteiger partial charge in [0.25, 0.3) is 0 Å².